The monoisotopic (exact) mass is 542 g/mol. The maximum atomic E-state index is 15.6. The van der Waals surface area contributed by atoms with Gasteiger partial charge >= 0.3 is 14.2 Å². The minimum absolute atomic E-state index is 0.263. The molecule has 0 atom stereocenters. The fourth-order valence-corrected chi connectivity index (χ4v) is 11.1. The molecule has 0 bridgehead atoms. The Hall–Kier alpha value is -0.580. The predicted octanol–water partition coefficient (Wildman–Crippen LogP) is 5.94. The first-order valence-corrected chi connectivity index (χ1v) is 17.0. The lowest BCUT2D eigenvalue weighted by atomic mass is 9.72. The van der Waals surface area contributed by atoms with Gasteiger partial charge in [-0.1, -0.05) is 56.7 Å². The lowest BCUT2D eigenvalue weighted by molar-refractivity contribution is 0.00578. The van der Waals surface area contributed by atoms with Crippen molar-refractivity contribution in [2.24, 2.45) is 0 Å². The molecule has 0 unspecified atom stereocenters. The summed E-state index contributed by atoms with van der Waals surface area (Å²) in [5.41, 5.74) is 0.584. The third-order valence-electron chi connectivity index (χ3n) is 10.7. The molecule has 8 heteroatoms. The van der Waals surface area contributed by atoms with Gasteiger partial charge in [0.1, 0.15) is 7.14 Å². The van der Waals surface area contributed by atoms with Crippen LogP contribution >= 0.6 is 7.14 Å². The van der Waals surface area contributed by atoms with Crippen LogP contribution in [0.15, 0.2) is 18.2 Å². The SMILES string of the molecule is CC1(C)OB(c2cc(B3OC(C)(C)C(C)(C)O3)cc(P(=O)(C3CCCCC3)C3CCCCC3)c2)OC1(C)C. The van der Waals surface area contributed by atoms with Gasteiger partial charge in [0.25, 0.3) is 0 Å². The molecule has 5 nitrogen and oxygen atoms in total. The van der Waals surface area contributed by atoms with Gasteiger partial charge in [-0.3, -0.25) is 0 Å². The largest absolute Gasteiger partial charge is 0.494 e. The first-order chi connectivity index (χ1) is 17.7. The molecule has 0 amide bonds. The van der Waals surface area contributed by atoms with Gasteiger partial charge < -0.3 is 23.2 Å². The van der Waals surface area contributed by atoms with E-state index in [1.165, 1.54) is 38.5 Å². The molecule has 0 spiro atoms. The van der Waals surface area contributed by atoms with Crippen molar-refractivity contribution in [2.45, 2.75) is 153 Å². The zero-order valence-corrected chi connectivity index (χ0v) is 26.0. The van der Waals surface area contributed by atoms with Gasteiger partial charge in [-0.25, -0.2) is 0 Å². The minimum Gasteiger partial charge on any atom is -0.399 e. The Labute approximate surface area is 232 Å². The zero-order chi connectivity index (χ0) is 27.6. The van der Waals surface area contributed by atoms with Crippen LogP contribution in [0, 0.1) is 0 Å². The number of hydrogen-bond donors (Lipinski definition) is 0. The van der Waals surface area contributed by atoms with Crippen molar-refractivity contribution in [1.82, 2.24) is 0 Å². The van der Waals surface area contributed by atoms with Crippen LogP contribution in [0.5, 0.6) is 0 Å². The third-order valence-corrected chi connectivity index (χ3v) is 14.9. The standard InChI is InChI=1S/C30H49B2O5P/c1-27(2)28(3,4)35-31(34-27)22-19-23(32-36-29(5,6)30(7,8)37-32)21-26(20-22)38(33,24-15-11-9-12-16-24)25-17-13-10-14-18-25/h19-21,24-25H,9-18H2,1-8H3. The van der Waals surface area contributed by atoms with Crippen LogP contribution in [0.2, 0.25) is 0 Å². The predicted molar refractivity (Wildman–Crippen MR) is 159 cm³/mol. The summed E-state index contributed by atoms with van der Waals surface area (Å²) in [6.07, 6.45) is 11.5. The summed E-state index contributed by atoms with van der Waals surface area (Å²) >= 11 is 0. The number of benzene rings is 1. The van der Waals surface area contributed by atoms with Crippen molar-refractivity contribution < 1.29 is 23.2 Å². The van der Waals surface area contributed by atoms with E-state index in [4.69, 9.17) is 18.6 Å². The number of rotatable bonds is 5. The molecule has 4 fully saturated rings. The van der Waals surface area contributed by atoms with E-state index in [1.807, 2.05) is 0 Å². The maximum absolute atomic E-state index is 15.6. The Bertz CT molecular complexity index is 964. The van der Waals surface area contributed by atoms with Crippen LogP contribution in [0.4, 0.5) is 0 Å². The zero-order valence-electron chi connectivity index (χ0n) is 25.1. The van der Waals surface area contributed by atoms with Gasteiger partial charge in [-0.05, 0) is 92.0 Å². The van der Waals surface area contributed by atoms with Crippen molar-refractivity contribution in [2.75, 3.05) is 0 Å². The van der Waals surface area contributed by atoms with E-state index in [-0.39, 0.29) is 11.3 Å². The van der Waals surface area contributed by atoms with Crippen molar-refractivity contribution in [3.63, 3.8) is 0 Å². The van der Waals surface area contributed by atoms with Crippen LogP contribution in [-0.4, -0.2) is 48.0 Å². The van der Waals surface area contributed by atoms with Crippen molar-refractivity contribution in [3.05, 3.63) is 18.2 Å². The maximum Gasteiger partial charge on any atom is 0.494 e. The smallest absolute Gasteiger partial charge is 0.399 e. The van der Waals surface area contributed by atoms with Gasteiger partial charge in [0.15, 0.2) is 0 Å². The Balaban J connectivity index is 1.63. The Morgan fingerprint density at radius 2 is 0.895 bits per heavy atom. The third kappa shape index (κ3) is 5.02. The van der Waals surface area contributed by atoms with Crippen LogP contribution in [0.25, 0.3) is 0 Å². The molecule has 2 saturated heterocycles. The molecule has 4 aliphatic rings. The molecule has 38 heavy (non-hydrogen) atoms. The fraction of sp³-hybridized carbons (Fsp3) is 0.800. The molecule has 1 aromatic carbocycles. The van der Waals surface area contributed by atoms with Crippen molar-refractivity contribution in [3.8, 4) is 0 Å². The fourth-order valence-electron chi connectivity index (χ4n) is 6.74. The molecule has 1 aromatic rings. The summed E-state index contributed by atoms with van der Waals surface area (Å²) in [5, 5.41) is 0.994. The first kappa shape index (κ1) is 28.9. The molecule has 5 rings (SSSR count). The molecule has 2 heterocycles. The normalized spacial score (nSPS) is 27.7. The summed E-state index contributed by atoms with van der Waals surface area (Å²) < 4.78 is 41.7. The lowest BCUT2D eigenvalue weighted by Gasteiger charge is -2.39. The molecule has 0 aromatic heterocycles. The quantitative estimate of drug-likeness (QED) is 0.341. The van der Waals surface area contributed by atoms with Crippen LogP contribution in [0.3, 0.4) is 0 Å². The highest BCUT2D eigenvalue weighted by Crippen LogP contribution is 2.61. The van der Waals surface area contributed by atoms with Crippen LogP contribution < -0.4 is 16.2 Å². The second-order valence-corrected chi connectivity index (χ2v) is 17.7. The molecule has 210 valence electrons. The van der Waals surface area contributed by atoms with Crippen molar-refractivity contribution in [1.29, 1.82) is 0 Å². The summed E-state index contributed by atoms with van der Waals surface area (Å²) in [5.74, 6) is 0. The van der Waals surface area contributed by atoms with E-state index in [0.717, 1.165) is 41.9 Å². The first-order valence-electron chi connectivity index (χ1n) is 15.1. The van der Waals surface area contributed by atoms with Gasteiger partial charge in [0.05, 0.1) is 22.4 Å². The van der Waals surface area contributed by atoms with E-state index >= 15 is 4.57 Å². The molecular formula is C30H49B2O5P. The molecule has 2 aliphatic heterocycles. The summed E-state index contributed by atoms with van der Waals surface area (Å²) in [7, 11) is -3.75. The van der Waals surface area contributed by atoms with E-state index in [9.17, 15) is 0 Å². The Morgan fingerprint density at radius 1 is 0.579 bits per heavy atom. The van der Waals surface area contributed by atoms with Gasteiger partial charge in [-0.2, -0.15) is 0 Å². The van der Waals surface area contributed by atoms with Gasteiger partial charge in [0.2, 0.25) is 0 Å². The molecule has 2 aliphatic carbocycles. The highest BCUT2D eigenvalue weighted by molar-refractivity contribution is 7.73. The molecule has 0 N–H and O–H groups in total. The summed E-state index contributed by atoms with van der Waals surface area (Å²) in [6, 6.07) is 6.45. The van der Waals surface area contributed by atoms with Crippen molar-refractivity contribution >= 4 is 37.6 Å². The average Bonchev–Trinajstić information content (AvgIpc) is 3.23. The van der Waals surface area contributed by atoms with Gasteiger partial charge in [0, 0.05) is 16.6 Å². The van der Waals surface area contributed by atoms with E-state index in [1.54, 1.807) is 0 Å². The molecular weight excluding hydrogens is 493 g/mol. The lowest BCUT2D eigenvalue weighted by Crippen LogP contribution is -2.44. The van der Waals surface area contributed by atoms with E-state index < -0.39 is 43.8 Å². The number of hydrogen-bond acceptors (Lipinski definition) is 5. The molecule has 2 saturated carbocycles. The Morgan fingerprint density at radius 3 is 1.21 bits per heavy atom. The highest BCUT2D eigenvalue weighted by Gasteiger charge is 2.55. The van der Waals surface area contributed by atoms with E-state index in [2.05, 4.69) is 73.6 Å². The minimum atomic E-state index is -2.71. The summed E-state index contributed by atoms with van der Waals surface area (Å²) in [6.45, 7) is 16.7. The van der Waals surface area contributed by atoms with E-state index in [0.29, 0.717) is 0 Å². The van der Waals surface area contributed by atoms with Crippen LogP contribution in [-0.2, 0) is 23.2 Å². The van der Waals surface area contributed by atoms with Gasteiger partial charge in [-0.15, -0.1) is 0 Å². The topological polar surface area (TPSA) is 54.0 Å². The second-order valence-electron chi connectivity index (χ2n) is 14.3. The Kier molecular flexibility index (Phi) is 7.65. The average molecular weight is 542 g/mol. The molecule has 0 radical (unpaired) electrons. The van der Waals surface area contributed by atoms with Crippen LogP contribution in [0.1, 0.15) is 120 Å². The summed E-state index contributed by atoms with van der Waals surface area (Å²) in [4.78, 5) is 0. The highest BCUT2D eigenvalue weighted by atomic mass is 31.2. The second kappa shape index (κ2) is 10.1.